The second-order valence-electron chi connectivity index (χ2n) is 7.95. The van der Waals surface area contributed by atoms with Crippen molar-refractivity contribution in [2.45, 2.75) is 31.2 Å². The van der Waals surface area contributed by atoms with Gasteiger partial charge in [-0.25, -0.2) is 4.39 Å². The number of hydrogen-bond acceptors (Lipinski definition) is 5. The van der Waals surface area contributed by atoms with Crippen LogP contribution in [0.2, 0.25) is 0 Å². The molecule has 0 spiro atoms. The molecule has 9 heteroatoms. The molecule has 0 bridgehead atoms. The van der Waals surface area contributed by atoms with Crippen molar-refractivity contribution in [1.29, 1.82) is 0 Å². The summed E-state index contributed by atoms with van der Waals surface area (Å²) in [7, 11) is 1.61. The number of benzene rings is 1. The van der Waals surface area contributed by atoms with Gasteiger partial charge in [0.05, 0.1) is 24.5 Å². The lowest BCUT2D eigenvalue weighted by molar-refractivity contribution is 0.0932. The second-order valence-corrected chi connectivity index (χ2v) is 8.86. The van der Waals surface area contributed by atoms with Gasteiger partial charge in [-0.1, -0.05) is 18.2 Å². The van der Waals surface area contributed by atoms with Crippen LogP contribution in [0.5, 0.6) is 0 Å². The summed E-state index contributed by atoms with van der Waals surface area (Å²) in [6.45, 7) is 2.17. The summed E-state index contributed by atoms with van der Waals surface area (Å²) in [5.74, 6) is -0.843. The Morgan fingerprint density at radius 2 is 2.09 bits per heavy atom. The van der Waals surface area contributed by atoms with Gasteiger partial charge < -0.3 is 10.1 Å². The number of carbonyl (C=O) groups is 1. The van der Waals surface area contributed by atoms with E-state index in [9.17, 15) is 9.59 Å². The molecule has 1 atom stereocenters. The lowest BCUT2D eigenvalue weighted by atomic mass is 9.92. The van der Waals surface area contributed by atoms with Crippen molar-refractivity contribution in [3.8, 4) is 5.69 Å². The number of rotatable bonds is 7. The third kappa shape index (κ3) is 4.35. The second kappa shape index (κ2) is 8.91. The first-order chi connectivity index (χ1) is 15.3. The van der Waals surface area contributed by atoms with E-state index in [4.69, 9.17) is 4.74 Å². The fourth-order valence-corrected chi connectivity index (χ4v) is 4.15. The molecule has 0 radical (unpaired) electrons. The third-order valence-electron chi connectivity index (χ3n) is 5.66. The van der Waals surface area contributed by atoms with E-state index in [2.05, 4.69) is 31.3 Å². The molecule has 0 saturated heterocycles. The van der Waals surface area contributed by atoms with Crippen LogP contribution in [0.1, 0.15) is 47.4 Å². The fourth-order valence-electron chi connectivity index (χ4n) is 3.79. The standard InChI is InChI=1S/C23H22BrFN4O3/c1-14(17-4-3-5-18(21(17)25)23(8-9-23)13-32-2)27-22(31)19-6-7-20(30)29(28-19)16-10-15(24)11-26-12-16/h3-7,10-12,14H,8-9,13H2,1-2H3,(H,27,31)/t14-/m1/s1. The first-order valence-corrected chi connectivity index (χ1v) is 10.9. The minimum Gasteiger partial charge on any atom is -0.384 e. The topological polar surface area (TPSA) is 86.1 Å². The Labute approximate surface area is 192 Å². The van der Waals surface area contributed by atoms with Crippen LogP contribution in [0.3, 0.4) is 0 Å². The number of ether oxygens (including phenoxy) is 1. The molecule has 1 saturated carbocycles. The van der Waals surface area contributed by atoms with Gasteiger partial charge in [-0.05, 0) is 53.4 Å². The predicted molar refractivity (Wildman–Crippen MR) is 120 cm³/mol. The van der Waals surface area contributed by atoms with Crippen LogP contribution in [0.25, 0.3) is 5.69 Å². The van der Waals surface area contributed by atoms with Gasteiger partial charge in [-0.2, -0.15) is 9.78 Å². The highest BCUT2D eigenvalue weighted by atomic mass is 79.9. The highest BCUT2D eigenvalue weighted by Gasteiger charge is 2.46. The summed E-state index contributed by atoms with van der Waals surface area (Å²) in [5.41, 5.74) is 0.772. The summed E-state index contributed by atoms with van der Waals surface area (Å²) in [6.07, 6.45) is 4.79. The summed E-state index contributed by atoms with van der Waals surface area (Å²) in [4.78, 5) is 29.1. The van der Waals surface area contributed by atoms with E-state index in [1.165, 1.54) is 18.3 Å². The van der Waals surface area contributed by atoms with Crippen LogP contribution in [0, 0.1) is 5.82 Å². The van der Waals surface area contributed by atoms with E-state index in [1.54, 1.807) is 44.5 Å². The molecule has 2 aromatic heterocycles. The zero-order valence-corrected chi connectivity index (χ0v) is 19.2. The number of aromatic nitrogens is 3. The van der Waals surface area contributed by atoms with Gasteiger partial charge in [0.1, 0.15) is 11.5 Å². The smallest absolute Gasteiger partial charge is 0.272 e. The SMILES string of the molecule is COCC1(c2cccc([C@@H](C)NC(=O)c3ccc(=O)n(-c4cncc(Br)c4)n3)c2F)CC1. The maximum atomic E-state index is 15.3. The van der Waals surface area contributed by atoms with Crippen molar-refractivity contribution in [2.75, 3.05) is 13.7 Å². The van der Waals surface area contributed by atoms with Crippen molar-refractivity contribution in [1.82, 2.24) is 20.1 Å². The molecule has 7 nitrogen and oxygen atoms in total. The molecule has 0 aliphatic heterocycles. The van der Waals surface area contributed by atoms with Gasteiger partial charge in [-0.15, -0.1) is 0 Å². The molecular weight excluding hydrogens is 479 g/mol. The molecule has 1 aliphatic rings. The zero-order chi connectivity index (χ0) is 22.9. The van der Waals surface area contributed by atoms with Crippen molar-refractivity contribution in [3.63, 3.8) is 0 Å². The molecule has 4 rings (SSSR count). The van der Waals surface area contributed by atoms with Crippen molar-refractivity contribution in [3.05, 3.63) is 86.3 Å². The Bertz CT molecular complexity index is 1230. The lowest BCUT2D eigenvalue weighted by Gasteiger charge is -2.20. The number of methoxy groups -OCH3 is 1. The van der Waals surface area contributed by atoms with Crippen molar-refractivity contribution < 1.29 is 13.9 Å². The molecule has 1 fully saturated rings. The van der Waals surface area contributed by atoms with Gasteiger partial charge in [-0.3, -0.25) is 14.6 Å². The Hall–Kier alpha value is -2.91. The van der Waals surface area contributed by atoms with Crippen LogP contribution in [-0.4, -0.2) is 34.4 Å². The molecule has 32 heavy (non-hydrogen) atoms. The van der Waals surface area contributed by atoms with E-state index in [-0.39, 0.29) is 16.9 Å². The van der Waals surface area contributed by atoms with Crippen molar-refractivity contribution >= 4 is 21.8 Å². The first kappa shape index (κ1) is 22.3. The van der Waals surface area contributed by atoms with Gasteiger partial charge in [0.2, 0.25) is 0 Å². The lowest BCUT2D eigenvalue weighted by Crippen LogP contribution is -2.31. The quantitative estimate of drug-likeness (QED) is 0.534. The van der Waals surface area contributed by atoms with E-state index in [1.807, 2.05) is 0 Å². The van der Waals surface area contributed by atoms with Crippen LogP contribution < -0.4 is 10.9 Å². The molecule has 166 valence electrons. The van der Waals surface area contributed by atoms with Crippen molar-refractivity contribution in [2.24, 2.45) is 0 Å². The predicted octanol–water partition coefficient (Wildman–Crippen LogP) is 3.70. The maximum absolute atomic E-state index is 15.3. The highest BCUT2D eigenvalue weighted by Crippen LogP contribution is 2.49. The van der Waals surface area contributed by atoms with Crippen LogP contribution >= 0.6 is 15.9 Å². The summed E-state index contributed by atoms with van der Waals surface area (Å²) in [5, 5.41) is 6.95. The number of nitrogens with zero attached hydrogens (tertiary/aromatic N) is 3. The van der Waals surface area contributed by atoms with Crippen LogP contribution in [-0.2, 0) is 10.2 Å². The highest BCUT2D eigenvalue weighted by molar-refractivity contribution is 9.10. The number of carbonyl (C=O) groups excluding carboxylic acids is 1. The number of pyridine rings is 1. The van der Waals surface area contributed by atoms with E-state index in [0.717, 1.165) is 17.5 Å². The summed E-state index contributed by atoms with van der Waals surface area (Å²) < 4.78 is 22.4. The third-order valence-corrected chi connectivity index (χ3v) is 6.09. The number of halogens is 2. The van der Waals surface area contributed by atoms with Crippen LogP contribution in [0.15, 0.2) is 58.1 Å². The minimum absolute atomic E-state index is 0.0334. The Morgan fingerprint density at radius 1 is 1.31 bits per heavy atom. The average molecular weight is 501 g/mol. The molecule has 1 amide bonds. The molecule has 2 heterocycles. The minimum atomic E-state index is -0.601. The first-order valence-electron chi connectivity index (χ1n) is 10.1. The number of hydrogen-bond donors (Lipinski definition) is 1. The number of nitrogens with one attached hydrogen (secondary N) is 1. The maximum Gasteiger partial charge on any atom is 0.272 e. The average Bonchev–Trinajstić information content (AvgIpc) is 3.54. The number of amides is 1. The zero-order valence-electron chi connectivity index (χ0n) is 17.6. The Kier molecular flexibility index (Phi) is 6.21. The molecule has 3 aromatic rings. The molecular formula is C23H22BrFN4O3. The largest absolute Gasteiger partial charge is 0.384 e. The fraction of sp³-hybridized carbons (Fsp3) is 0.304. The Morgan fingerprint density at radius 3 is 2.78 bits per heavy atom. The molecule has 1 aromatic carbocycles. The van der Waals surface area contributed by atoms with E-state index >= 15 is 4.39 Å². The summed E-state index contributed by atoms with van der Waals surface area (Å²) in [6, 6.07) is 8.91. The Balaban J connectivity index is 1.58. The van der Waals surface area contributed by atoms with E-state index in [0.29, 0.717) is 27.9 Å². The molecule has 0 unspecified atom stereocenters. The monoisotopic (exact) mass is 500 g/mol. The van der Waals surface area contributed by atoms with Gasteiger partial charge >= 0.3 is 0 Å². The van der Waals surface area contributed by atoms with Gasteiger partial charge in [0.25, 0.3) is 11.5 Å². The molecule has 1 N–H and O–H groups in total. The normalized spacial score (nSPS) is 15.2. The van der Waals surface area contributed by atoms with Gasteiger partial charge in [0, 0.05) is 34.8 Å². The summed E-state index contributed by atoms with van der Waals surface area (Å²) >= 11 is 3.30. The van der Waals surface area contributed by atoms with E-state index < -0.39 is 17.5 Å². The van der Waals surface area contributed by atoms with Crippen LogP contribution in [0.4, 0.5) is 4.39 Å². The molecule has 1 aliphatic carbocycles. The van der Waals surface area contributed by atoms with Gasteiger partial charge in [0.15, 0.2) is 0 Å².